The topological polar surface area (TPSA) is 24.9 Å². The number of rotatable bonds is 3. The van der Waals surface area contributed by atoms with Crippen LogP contribution >= 0.6 is 0 Å². The number of hydrogen-bond acceptors (Lipinski definition) is 4. The molecule has 1 fully saturated rings. The number of benzene rings is 1. The van der Waals surface area contributed by atoms with Gasteiger partial charge in [-0.15, -0.1) is 0 Å². The van der Waals surface area contributed by atoms with Crippen LogP contribution in [0.4, 0.5) is 0 Å². The molecule has 4 nitrogen and oxygen atoms in total. The fourth-order valence-electron chi connectivity index (χ4n) is 2.90. The summed E-state index contributed by atoms with van der Waals surface area (Å²) >= 11 is 0. The Labute approximate surface area is 121 Å². The van der Waals surface area contributed by atoms with Gasteiger partial charge >= 0.3 is 0 Å². The highest BCUT2D eigenvalue weighted by Crippen LogP contribution is 2.31. The molecule has 1 saturated heterocycles. The van der Waals surface area contributed by atoms with Crippen LogP contribution < -0.4 is 9.47 Å². The monoisotopic (exact) mass is 276 g/mol. The van der Waals surface area contributed by atoms with E-state index in [1.807, 2.05) is 24.3 Å². The van der Waals surface area contributed by atoms with Crippen LogP contribution in [0, 0.1) is 0 Å². The lowest BCUT2D eigenvalue weighted by atomic mass is 10.2. The fourth-order valence-corrected chi connectivity index (χ4v) is 2.90. The summed E-state index contributed by atoms with van der Waals surface area (Å²) in [5.74, 6) is 1.75. The zero-order valence-electron chi connectivity index (χ0n) is 12.4. The Hall–Kier alpha value is -1.26. The highest BCUT2D eigenvalue weighted by atomic mass is 16.6. The maximum Gasteiger partial charge on any atom is 0.161 e. The first-order valence-corrected chi connectivity index (χ1v) is 7.57. The van der Waals surface area contributed by atoms with E-state index >= 15 is 0 Å². The third-order valence-electron chi connectivity index (χ3n) is 4.17. The van der Waals surface area contributed by atoms with Crippen molar-refractivity contribution in [3.63, 3.8) is 0 Å². The van der Waals surface area contributed by atoms with E-state index in [4.69, 9.17) is 9.47 Å². The highest BCUT2D eigenvalue weighted by molar-refractivity contribution is 5.40. The van der Waals surface area contributed by atoms with Gasteiger partial charge in [-0.25, -0.2) is 0 Å². The summed E-state index contributed by atoms with van der Waals surface area (Å²) in [6.07, 6.45) is 0.149. The zero-order chi connectivity index (χ0) is 13.9. The minimum Gasteiger partial charge on any atom is -0.486 e. The molecule has 20 heavy (non-hydrogen) atoms. The van der Waals surface area contributed by atoms with Gasteiger partial charge in [-0.3, -0.25) is 9.80 Å². The Kier molecular flexibility index (Phi) is 4.13. The number of nitrogens with zero attached hydrogens (tertiary/aromatic N) is 2. The zero-order valence-corrected chi connectivity index (χ0v) is 12.4. The third kappa shape index (κ3) is 3.07. The molecule has 1 aromatic rings. The van der Waals surface area contributed by atoms with E-state index in [-0.39, 0.29) is 6.10 Å². The maximum atomic E-state index is 6.03. The second-order valence-electron chi connectivity index (χ2n) is 5.93. The van der Waals surface area contributed by atoms with Crippen molar-refractivity contribution in [2.45, 2.75) is 26.0 Å². The van der Waals surface area contributed by atoms with Crippen LogP contribution in [0.3, 0.4) is 0 Å². The summed E-state index contributed by atoms with van der Waals surface area (Å²) < 4.78 is 11.8. The number of ether oxygens (including phenoxy) is 2. The van der Waals surface area contributed by atoms with E-state index in [2.05, 4.69) is 23.6 Å². The number of fused-ring (bicyclic) bond motifs is 1. The van der Waals surface area contributed by atoms with Crippen LogP contribution in [-0.4, -0.2) is 61.3 Å². The van der Waals surface area contributed by atoms with Crippen molar-refractivity contribution < 1.29 is 9.47 Å². The van der Waals surface area contributed by atoms with Gasteiger partial charge in [0.1, 0.15) is 12.7 Å². The van der Waals surface area contributed by atoms with E-state index in [0.29, 0.717) is 12.6 Å². The summed E-state index contributed by atoms with van der Waals surface area (Å²) in [5.41, 5.74) is 0. The second-order valence-corrected chi connectivity index (χ2v) is 5.93. The van der Waals surface area contributed by atoms with Gasteiger partial charge < -0.3 is 9.47 Å². The quantitative estimate of drug-likeness (QED) is 0.841. The largest absolute Gasteiger partial charge is 0.486 e. The van der Waals surface area contributed by atoms with E-state index in [9.17, 15) is 0 Å². The summed E-state index contributed by atoms with van der Waals surface area (Å²) in [6.45, 7) is 10.7. The standard InChI is InChI=1S/C16H24N2O2/c1-13(2)18-9-7-17(8-10-18)11-14-12-19-15-5-3-4-6-16(15)20-14/h3-6,13-14H,7-12H2,1-2H3/t14-/m1/s1. The molecule has 0 bridgehead atoms. The van der Waals surface area contributed by atoms with E-state index < -0.39 is 0 Å². The Balaban J connectivity index is 1.51. The van der Waals surface area contributed by atoms with Crippen LogP contribution in [0.5, 0.6) is 11.5 Å². The Morgan fingerprint density at radius 2 is 1.80 bits per heavy atom. The molecular formula is C16H24N2O2. The molecule has 0 N–H and O–H groups in total. The van der Waals surface area contributed by atoms with E-state index in [0.717, 1.165) is 44.2 Å². The normalized spacial score (nSPS) is 24.1. The van der Waals surface area contributed by atoms with Gasteiger partial charge in [0, 0.05) is 38.8 Å². The number of hydrogen-bond donors (Lipinski definition) is 0. The van der Waals surface area contributed by atoms with Crippen molar-refractivity contribution in [1.82, 2.24) is 9.80 Å². The van der Waals surface area contributed by atoms with Crippen molar-refractivity contribution in [1.29, 1.82) is 0 Å². The molecule has 0 amide bonds. The predicted molar refractivity (Wildman–Crippen MR) is 79.5 cm³/mol. The molecule has 0 saturated carbocycles. The molecule has 110 valence electrons. The van der Waals surface area contributed by atoms with Gasteiger partial charge in [0.25, 0.3) is 0 Å². The van der Waals surface area contributed by atoms with Crippen molar-refractivity contribution in [2.75, 3.05) is 39.3 Å². The van der Waals surface area contributed by atoms with Crippen LogP contribution in [0.2, 0.25) is 0 Å². The SMILES string of the molecule is CC(C)N1CCN(C[C@@H]2COc3ccccc3O2)CC1. The van der Waals surface area contributed by atoms with Crippen LogP contribution in [0.15, 0.2) is 24.3 Å². The fraction of sp³-hybridized carbons (Fsp3) is 0.625. The first-order chi connectivity index (χ1) is 9.72. The molecule has 2 aliphatic rings. The predicted octanol–water partition coefficient (Wildman–Crippen LogP) is 1.85. The van der Waals surface area contributed by atoms with E-state index in [1.165, 1.54) is 0 Å². The lowest BCUT2D eigenvalue weighted by molar-refractivity contribution is 0.0352. The Bertz CT molecular complexity index is 442. The minimum absolute atomic E-state index is 0.149. The molecular weight excluding hydrogens is 252 g/mol. The Morgan fingerprint density at radius 3 is 2.50 bits per heavy atom. The van der Waals surface area contributed by atoms with Crippen LogP contribution in [0.25, 0.3) is 0 Å². The summed E-state index contributed by atoms with van der Waals surface area (Å²) in [5, 5.41) is 0. The summed E-state index contributed by atoms with van der Waals surface area (Å²) in [4.78, 5) is 5.02. The van der Waals surface area contributed by atoms with Crippen molar-refractivity contribution in [2.24, 2.45) is 0 Å². The van der Waals surface area contributed by atoms with Gasteiger partial charge in [0.2, 0.25) is 0 Å². The first-order valence-electron chi connectivity index (χ1n) is 7.57. The second kappa shape index (κ2) is 6.02. The molecule has 2 heterocycles. The average Bonchev–Trinajstić information content (AvgIpc) is 2.48. The van der Waals surface area contributed by atoms with E-state index in [1.54, 1.807) is 0 Å². The molecule has 1 aromatic carbocycles. The Morgan fingerprint density at radius 1 is 1.10 bits per heavy atom. The minimum atomic E-state index is 0.149. The molecule has 0 aliphatic carbocycles. The molecule has 0 spiro atoms. The maximum absolute atomic E-state index is 6.03. The first kappa shape index (κ1) is 13.7. The summed E-state index contributed by atoms with van der Waals surface area (Å²) in [6, 6.07) is 8.57. The summed E-state index contributed by atoms with van der Waals surface area (Å²) in [7, 11) is 0. The van der Waals surface area contributed by atoms with Gasteiger partial charge in [0.15, 0.2) is 11.5 Å². The number of para-hydroxylation sites is 2. The molecule has 4 heteroatoms. The lowest BCUT2D eigenvalue weighted by Gasteiger charge is -2.38. The molecule has 2 aliphatic heterocycles. The highest BCUT2D eigenvalue weighted by Gasteiger charge is 2.25. The molecule has 3 rings (SSSR count). The van der Waals surface area contributed by atoms with Crippen LogP contribution in [0.1, 0.15) is 13.8 Å². The van der Waals surface area contributed by atoms with Gasteiger partial charge in [-0.2, -0.15) is 0 Å². The molecule has 0 radical (unpaired) electrons. The molecule has 1 atom stereocenters. The third-order valence-corrected chi connectivity index (χ3v) is 4.17. The lowest BCUT2D eigenvalue weighted by Crippen LogP contribution is -2.52. The molecule has 0 unspecified atom stereocenters. The van der Waals surface area contributed by atoms with Gasteiger partial charge in [0.05, 0.1) is 0 Å². The van der Waals surface area contributed by atoms with Crippen molar-refractivity contribution in [3.05, 3.63) is 24.3 Å². The van der Waals surface area contributed by atoms with Gasteiger partial charge in [-0.1, -0.05) is 12.1 Å². The molecule has 0 aromatic heterocycles. The smallest absolute Gasteiger partial charge is 0.161 e. The average molecular weight is 276 g/mol. The number of piperazine rings is 1. The van der Waals surface area contributed by atoms with Crippen molar-refractivity contribution in [3.8, 4) is 11.5 Å². The van der Waals surface area contributed by atoms with Gasteiger partial charge in [-0.05, 0) is 26.0 Å². The van der Waals surface area contributed by atoms with Crippen molar-refractivity contribution >= 4 is 0 Å². The van der Waals surface area contributed by atoms with Crippen LogP contribution in [-0.2, 0) is 0 Å².